The van der Waals surface area contributed by atoms with Crippen LogP contribution in [0.15, 0.2) is 0 Å². The van der Waals surface area contributed by atoms with Gasteiger partial charge in [-0.25, -0.2) is 0 Å². The molecule has 0 aliphatic rings. The number of hydrogen-bond acceptors (Lipinski definition) is 6. The van der Waals surface area contributed by atoms with Crippen molar-refractivity contribution in [1.82, 2.24) is 10.5 Å². The molecule has 8 nitrogen and oxygen atoms in total. The van der Waals surface area contributed by atoms with Gasteiger partial charge in [0.05, 0.1) is 6.54 Å². The third-order valence-corrected chi connectivity index (χ3v) is 0.739. The van der Waals surface area contributed by atoms with E-state index in [1.54, 1.807) is 0 Å². The Morgan fingerprint density at radius 1 is 1.12 bits per heavy atom. The van der Waals surface area contributed by atoms with Gasteiger partial charge in [0.25, 0.3) is 11.9 Å². The Morgan fingerprint density at radius 2 is 1.44 bits per heavy atom. The Kier molecular flexibility index (Phi) is 20.5. The van der Waals surface area contributed by atoms with E-state index >= 15 is 0 Å². The fourth-order valence-corrected chi connectivity index (χ4v) is 0.356. The molecular formula is C8H20N2O6. The van der Waals surface area contributed by atoms with Crippen molar-refractivity contribution >= 4 is 11.9 Å². The third-order valence-electron chi connectivity index (χ3n) is 0.739. The van der Waals surface area contributed by atoms with Crippen LogP contribution in [0.3, 0.4) is 0 Å². The number of rotatable bonds is 4. The van der Waals surface area contributed by atoms with E-state index in [0.717, 1.165) is 20.4 Å². The molecule has 0 aromatic carbocycles. The number of nitrogens with zero attached hydrogens (tertiary/aromatic N) is 1. The van der Waals surface area contributed by atoms with Crippen LogP contribution in [0.2, 0.25) is 0 Å². The fourth-order valence-electron chi connectivity index (χ4n) is 0.356. The van der Waals surface area contributed by atoms with E-state index < -0.39 is 11.9 Å². The van der Waals surface area contributed by atoms with E-state index in [-0.39, 0.29) is 11.8 Å². The van der Waals surface area contributed by atoms with Crippen LogP contribution in [0.4, 0.5) is 0 Å². The van der Waals surface area contributed by atoms with Gasteiger partial charge in [-0.05, 0) is 6.54 Å². The monoisotopic (exact) mass is 240 g/mol. The van der Waals surface area contributed by atoms with Gasteiger partial charge in [-0.2, -0.15) is 0 Å². The maximum atomic E-state index is 9.00. The second kappa shape index (κ2) is 16.2. The number of aliphatic carboxylic acids is 2. The summed E-state index contributed by atoms with van der Waals surface area (Å²) in [6.45, 7) is 5.82. The van der Waals surface area contributed by atoms with Gasteiger partial charge >= 0.3 is 0 Å². The van der Waals surface area contributed by atoms with Crippen LogP contribution >= 0.6 is 0 Å². The molecule has 0 rings (SSSR count). The molecule has 16 heavy (non-hydrogen) atoms. The molecule has 5 N–H and O–H groups in total. The van der Waals surface area contributed by atoms with E-state index in [1.165, 1.54) is 0 Å². The number of carboxylic acids is 2. The lowest BCUT2D eigenvalue weighted by Gasteiger charge is -2.04. The minimum atomic E-state index is -0.833. The second-order valence-corrected chi connectivity index (χ2v) is 2.49. The first-order valence-corrected chi connectivity index (χ1v) is 4.49. The molecule has 0 saturated carbocycles. The van der Waals surface area contributed by atoms with Gasteiger partial charge < -0.3 is 15.5 Å². The highest BCUT2D eigenvalue weighted by molar-refractivity contribution is 5.63. The Balaban J connectivity index is -0.000000179. The standard InChI is InChI=1S/C4H12N2O2.2C2H4O2/c1-2-5-3-4-6(7)8;2*1-2(3)4/h5,7-8H,2-4H2,1H3;2*1H3,(H,3,4). The average Bonchev–Trinajstić information content (AvgIpc) is 2.01. The van der Waals surface area contributed by atoms with Gasteiger partial charge in [-0.15, -0.1) is 0 Å². The Hall–Kier alpha value is -1.22. The lowest BCUT2D eigenvalue weighted by molar-refractivity contribution is -0.305. The average molecular weight is 240 g/mol. The molecule has 0 aliphatic carbocycles. The normalized spacial score (nSPS) is 8.38. The van der Waals surface area contributed by atoms with E-state index in [2.05, 4.69) is 5.32 Å². The smallest absolute Gasteiger partial charge is 0.300 e. The lowest BCUT2D eigenvalue weighted by Crippen LogP contribution is -2.26. The van der Waals surface area contributed by atoms with Gasteiger partial charge in [0.2, 0.25) is 0 Å². The highest BCUT2D eigenvalue weighted by Gasteiger charge is 1.88. The van der Waals surface area contributed by atoms with Crippen LogP contribution in [0.1, 0.15) is 20.8 Å². The lowest BCUT2D eigenvalue weighted by atomic mass is 10.6. The summed E-state index contributed by atoms with van der Waals surface area (Å²) < 4.78 is 0. The van der Waals surface area contributed by atoms with Crippen molar-refractivity contribution in [2.75, 3.05) is 19.6 Å². The topological polar surface area (TPSA) is 130 Å². The minimum absolute atomic E-state index is 0.169. The van der Waals surface area contributed by atoms with Crippen molar-refractivity contribution in [2.45, 2.75) is 20.8 Å². The van der Waals surface area contributed by atoms with Crippen molar-refractivity contribution in [3.8, 4) is 0 Å². The predicted octanol–water partition coefficient (Wildman–Crippen LogP) is -0.142. The summed E-state index contributed by atoms with van der Waals surface area (Å²) in [5.74, 6) is -1.67. The molecule has 0 atom stereocenters. The summed E-state index contributed by atoms with van der Waals surface area (Å²) in [7, 11) is 0. The zero-order chi connectivity index (χ0) is 13.6. The van der Waals surface area contributed by atoms with Crippen LogP contribution in [0, 0.1) is 0 Å². The zero-order valence-electron chi connectivity index (χ0n) is 9.67. The highest BCUT2D eigenvalue weighted by Crippen LogP contribution is 1.67. The molecule has 0 saturated heterocycles. The van der Waals surface area contributed by atoms with Gasteiger partial charge in [0, 0.05) is 20.4 Å². The van der Waals surface area contributed by atoms with Crippen LogP contribution in [0.5, 0.6) is 0 Å². The van der Waals surface area contributed by atoms with Crippen LogP contribution in [-0.2, 0) is 9.59 Å². The second-order valence-electron chi connectivity index (χ2n) is 2.49. The highest BCUT2D eigenvalue weighted by atomic mass is 16.8. The zero-order valence-corrected chi connectivity index (χ0v) is 9.67. The number of nitrogens with one attached hydrogen (secondary N) is 1. The first-order valence-electron chi connectivity index (χ1n) is 4.49. The Bertz CT molecular complexity index is 154. The van der Waals surface area contributed by atoms with Crippen LogP contribution in [-0.4, -0.2) is 57.4 Å². The first-order chi connectivity index (χ1) is 7.23. The fraction of sp³-hybridized carbons (Fsp3) is 0.750. The molecule has 0 amide bonds. The summed E-state index contributed by atoms with van der Waals surface area (Å²) in [5, 5.41) is 34.2. The largest absolute Gasteiger partial charge is 0.481 e. The van der Waals surface area contributed by atoms with Gasteiger partial charge in [0.1, 0.15) is 0 Å². The van der Waals surface area contributed by atoms with Crippen LogP contribution < -0.4 is 5.32 Å². The molecule has 98 valence electrons. The molecule has 0 fully saturated rings. The van der Waals surface area contributed by atoms with Gasteiger partial charge in [-0.3, -0.25) is 20.0 Å². The molecular weight excluding hydrogens is 220 g/mol. The maximum Gasteiger partial charge on any atom is 0.300 e. The number of hydrogen-bond donors (Lipinski definition) is 5. The molecule has 0 aliphatic heterocycles. The van der Waals surface area contributed by atoms with Crippen molar-refractivity contribution in [3.63, 3.8) is 0 Å². The quantitative estimate of drug-likeness (QED) is 0.339. The van der Waals surface area contributed by atoms with E-state index in [1.807, 2.05) is 6.92 Å². The summed E-state index contributed by atoms with van der Waals surface area (Å²) in [5.41, 5.74) is 0. The van der Waals surface area contributed by atoms with Crippen molar-refractivity contribution < 1.29 is 30.2 Å². The molecule has 0 aromatic heterocycles. The minimum Gasteiger partial charge on any atom is -0.481 e. The van der Waals surface area contributed by atoms with Gasteiger partial charge in [0.15, 0.2) is 0 Å². The number of carboxylic acid groups (broad SMARTS) is 2. The Labute approximate surface area is 94.0 Å². The SMILES string of the molecule is CC(=O)O.CC(=O)O.CCNCCN(O)O. The predicted molar refractivity (Wildman–Crippen MR) is 55.4 cm³/mol. The molecule has 0 radical (unpaired) electrons. The third kappa shape index (κ3) is 124. The summed E-state index contributed by atoms with van der Waals surface area (Å²) in [4.78, 5) is 18.0. The van der Waals surface area contributed by atoms with E-state index in [9.17, 15) is 0 Å². The summed E-state index contributed by atoms with van der Waals surface area (Å²) in [6.07, 6.45) is 0. The van der Waals surface area contributed by atoms with Gasteiger partial charge in [-0.1, -0.05) is 12.2 Å². The molecule has 0 spiro atoms. The Morgan fingerprint density at radius 3 is 1.62 bits per heavy atom. The van der Waals surface area contributed by atoms with Crippen LogP contribution in [0.25, 0.3) is 0 Å². The summed E-state index contributed by atoms with van der Waals surface area (Å²) >= 11 is 0. The first kappa shape index (κ1) is 20.2. The maximum absolute atomic E-state index is 9.00. The van der Waals surface area contributed by atoms with Crippen molar-refractivity contribution in [2.24, 2.45) is 0 Å². The summed E-state index contributed by atoms with van der Waals surface area (Å²) in [6, 6.07) is 0. The molecule has 0 bridgehead atoms. The number of likely N-dealkylation sites (N-methyl/N-ethyl adjacent to an activating group) is 1. The molecule has 0 unspecified atom stereocenters. The molecule has 8 heteroatoms. The van der Waals surface area contributed by atoms with E-state index in [0.29, 0.717) is 6.54 Å². The molecule has 0 heterocycles. The van der Waals surface area contributed by atoms with Crippen molar-refractivity contribution in [1.29, 1.82) is 0 Å². The number of hydroxylamine groups is 2. The van der Waals surface area contributed by atoms with Crippen molar-refractivity contribution in [3.05, 3.63) is 0 Å². The number of carbonyl (C=O) groups is 2. The van der Waals surface area contributed by atoms with E-state index in [4.69, 9.17) is 30.2 Å². The molecule has 0 aromatic rings.